The summed E-state index contributed by atoms with van der Waals surface area (Å²) in [6.07, 6.45) is 3.86. The van der Waals surface area contributed by atoms with Crippen molar-refractivity contribution in [2.75, 3.05) is 19.7 Å². The summed E-state index contributed by atoms with van der Waals surface area (Å²) < 4.78 is 10.6. The van der Waals surface area contributed by atoms with Gasteiger partial charge in [-0.3, -0.25) is 9.78 Å². The second-order valence-electron chi connectivity index (χ2n) is 5.99. The fraction of sp³-hybridized carbons (Fsp3) is 0.316. The fourth-order valence-corrected chi connectivity index (χ4v) is 2.26. The SMILES string of the molecule is Bc1cncc(OCCCC(=O)NCCNC(=O)OCc2ccccc2)c1. The van der Waals surface area contributed by atoms with Crippen LogP contribution in [0.3, 0.4) is 0 Å². The van der Waals surface area contributed by atoms with E-state index in [4.69, 9.17) is 9.47 Å². The number of pyridine rings is 1. The van der Waals surface area contributed by atoms with E-state index >= 15 is 0 Å². The fourth-order valence-electron chi connectivity index (χ4n) is 2.26. The van der Waals surface area contributed by atoms with Crippen molar-refractivity contribution in [3.8, 4) is 5.75 Å². The molecule has 0 aliphatic carbocycles. The van der Waals surface area contributed by atoms with Crippen LogP contribution in [0.25, 0.3) is 0 Å². The lowest BCUT2D eigenvalue weighted by molar-refractivity contribution is -0.121. The molecule has 0 saturated carbocycles. The predicted molar refractivity (Wildman–Crippen MR) is 105 cm³/mol. The molecule has 1 aromatic carbocycles. The highest BCUT2D eigenvalue weighted by molar-refractivity contribution is 6.32. The van der Waals surface area contributed by atoms with E-state index in [1.165, 1.54) is 0 Å². The van der Waals surface area contributed by atoms with Gasteiger partial charge in [-0.1, -0.05) is 35.8 Å². The monoisotopic (exact) mass is 369 g/mol. The molecule has 0 radical (unpaired) electrons. The molecule has 142 valence electrons. The minimum absolute atomic E-state index is 0.0829. The van der Waals surface area contributed by atoms with Gasteiger partial charge in [0.15, 0.2) is 0 Å². The number of nitrogens with one attached hydrogen (secondary N) is 2. The third-order valence-electron chi connectivity index (χ3n) is 3.60. The summed E-state index contributed by atoms with van der Waals surface area (Å²) in [6.45, 7) is 1.32. The lowest BCUT2D eigenvalue weighted by atomic mass is 9.99. The standard InChI is InChI=1S/C19H24BN3O4/c20-16-11-17(13-21-12-16)26-10-4-7-18(24)22-8-9-23-19(25)27-14-15-5-2-1-3-6-15/h1-3,5-6,11-13H,4,7-10,14,20H2,(H,22,24)(H,23,25). The molecule has 2 N–H and O–H groups in total. The van der Waals surface area contributed by atoms with Crippen LogP contribution in [0, 0.1) is 0 Å². The number of benzene rings is 1. The van der Waals surface area contributed by atoms with Crippen molar-refractivity contribution in [2.45, 2.75) is 19.4 Å². The Kier molecular flexibility index (Phi) is 8.69. The van der Waals surface area contributed by atoms with Crippen molar-refractivity contribution in [2.24, 2.45) is 0 Å². The van der Waals surface area contributed by atoms with E-state index in [1.54, 1.807) is 12.4 Å². The molecule has 8 heteroatoms. The summed E-state index contributed by atoms with van der Waals surface area (Å²) in [5.74, 6) is 0.619. The van der Waals surface area contributed by atoms with Gasteiger partial charge in [-0.25, -0.2) is 4.79 Å². The van der Waals surface area contributed by atoms with Crippen molar-refractivity contribution < 1.29 is 19.1 Å². The van der Waals surface area contributed by atoms with Gasteiger partial charge in [0.25, 0.3) is 0 Å². The molecule has 0 fully saturated rings. The topological polar surface area (TPSA) is 89.5 Å². The van der Waals surface area contributed by atoms with Crippen molar-refractivity contribution in [3.05, 3.63) is 54.4 Å². The number of nitrogens with zero attached hydrogens (tertiary/aromatic N) is 1. The van der Waals surface area contributed by atoms with Gasteiger partial charge in [0.05, 0.1) is 12.8 Å². The molecule has 1 aromatic heterocycles. The minimum atomic E-state index is -0.506. The molecule has 0 bridgehead atoms. The van der Waals surface area contributed by atoms with Crippen LogP contribution in [0.15, 0.2) is 48.8 Å². The van der Waals surface area contributed by atoms with Gasteiger partial charge < -0.3 is 20.1 Å². The van der Waals surface area contributed by atoms with E-state index in [0.29, 0.717) is 38.3 Å². The van der Waals surface area contributed by atoms with E-state index in [2.05, 4.69) is 15.6 Å². The van der Waals surface area contributed by atoms with E-state index in [-0.39, 0.29) is 12.5 Å². The summed E-state index contributed by atoms with van der Waals surface area (Å²) in [6, 6.07) is 11.3. The number of alkyl carbamates (subject to hydrolysis) is 1. The summed E-state index contributed by atoms with van der Waals surface area (Å²) in [7, 11) is 1.94. The van der Waals surface area contributed by atoms with Crippen molar-refractivity contribution in [1.29, 1.82) is 0 Å². The normalized spacial score (nSPS) is 10.1. The Hall–Kier alpha value is -3.03. The zero-order chi connectivity index (χ0) is 19.3. The Labute approximate surface area is 159 Å². The Bertz CT molecular complexity index is 728. The van der Waals surface area contributed by atoms with Crippen LogP contribution in [0.1, 0.15) is 18.4 Å². The number of ether oxygens (including phenoxy) is 2. The third-order valence-corrected chi connectivity index (χ3v) is 3.60. The first kappa shape index (κ1) is 20.3. The predicted octanol–water partition coefficient (Wildman–Crippen LogP) is 0.542. The molecule has 2 aromatic rings. The average Bonchev–Trinajstić information content (AvgIpc) is 2.68. The van der Waals surface area contributed by atoms with Crippen LogP contribution in [0.2, 0.25) is 0 Å². The smallest absolute Gasteiger partial charge is 0.407 e. The van der Waals surface area contributed by atoms with Gasteiger partial charge in [0.2, 0.25) is 5.91 Å². The molecular formula is C19H24BN3O4. The molecule has 0 aliphatic heterocycles. The zero-order valence-corrected chi connectivity index (χ0v) is 15.4. The van der Waals surface area contributed by atoms with Gasteiger partial charge in [-0.05, 0) is 18.1 Å². The van der Waals surface area contributed by atoms with Gasteiger partial charge in [0, 0.05) is 25.7 Å². The lowest BCUT2D eigenvalue weighted by Crippen LogP contribution is -2.34. The molecule has 0 spiro atoms. The summed E-state index contributed by atoms with van der Waals surface area (Å²) >= 11 is 0. The zero-order valence-electron chi connectivity index (χ0n) is 15.4. The maximum atomic E-state index is 11.7. The molecule has 2 amide bonds. The number of hydrogen-bond donors (Lipinski definition) is 2. The largest absolute Gasteiger partial charge is 0.492 e. The second-order valence-corrected chi connectivity index (χ2v) is 5.99. The Balaban J connectivity index is 1.47. The van der Waals surface area contributed by atoms with Gasteiger partial charge in [-0.2, -0.15) is 0 Å². The van der Waals surface area contributed by atoms with Crippen LogP contribution < -0.4 is 20.8 Å². The van der Waals surface area contributed by atoms with Crippen LogP contribution in [0.5, 0.6) is 5.75 Å². The van der Waals surface area contributed by atoms with E-state index < -0.39 is 6.09 Å². The molecule has 0 unspecified atom stereocenters. The minimum Gasteiger partial charge on any atom is -0.492 e. The maximum absolute atomic E-state index is 11.7. The molecule has 0 aliphatic rings. The number of carbonyl (C=O) groups is 2. The van der Waals surface area contributed by atoms with Gasteiger partial charge >= 0.3 is 6.09 Å². The highest BCUT2D eigenvalue weighted by atomic mass is 16.5. The Morgan fingerprint density at radius 1 is 1.07 bits per heavy atom. The highest BCUT2D eigenvalue weighted by Gasteiger charge is 2.04. The summed E-state index contributed by atoms with van der Waals surface area (Å²) in [4.78, 5) is 27.3. The first-order valence-corrected chi connectivity index (χ1v) is 8.89. The van der Waals surface area contributed by atoms with Crippen molar-refractivity contribution in [3.63, 3.8) is 0 Å². The highest BCUT2D eigenvalue weighted by Crippen LogP contribution is 2.05. The Morgan fingerprint density at radius 2 is 1.85 bits per heavy atom. The molecular weight excluding hydrogens is 345 g/mol. The second kappa shape index (κ2) is 11.6. The molecule has 0 atom stereocenters. The number of amides is 2. The van der Waals surface area contributed by atoms with Gasteiger partial charge in [0.1, 0.15) is 20.2 Å². The van der Waals surface area contributed by atoms with E-state index in [0.717, 1.165) is 11.0 Å². The number of rotatable bonds is 10. The lowest BCUT2D eigenvalue weighted by Gasteiger charge is -2.09. The third kappa shape index (κ3) is 8.76. The molecule has 0 saturated heterocycles. The van der Waals surface area contributed by atoms with Gasteiger partial charge in [-0.15, -0.1) is 0 Å². The van der Waals surface area contributed by atoms with Crippen LogP contribution in [0.4, 0.5) is 4.79 Å². The van der Waals surface area contributed by atoms with Crippen LogP contribution in [-0.2, 0) is 16.1 Å². The maximum Gasteiger partial charge on any atom is 0.407 e. The number of aromatic nitrogens is 1. The van der Waals surface area contributed by atoms with E-state index in [9.17, 15) is 9.59 Å². The summed E-state index contributed by atoms with van der Waals surface area (Å²) in [5, 5.41) is 5.34. The van der Waals surface area contributed by atoms with Crippen LogP contribution >= 0.6 is 0 Å². The first-order chi connectivity index (χ1) is 13.1. The molecule has 7 nitrogen and oxygen atoms in total. The van der Waals surface area contributed by atoms with Crippen LogP contribution in [-0.4, -0.2) is 44.5 Å². The summed E-state index contributed by atoms with van der Waals surface area (Å²) in [5.41, 5.74) is 1.95. The Morgan fingerprint density at radius 3 is 2.63 bits per heavy atom. The van der Waals surface area contributed by atoms with E-state index in [1.807, 2.05) is 44.2 Å². The molecule has 27 heavy (non-hydrogen) atoms. The first-order valence-electron chi connectivity index (χ1n) is 8.89. The van der Waals surface area contributed by atoms with Crippen molar-refractivity contribution in [1.82, 2.24) is 15.6 Å². The number of hydrogen-bond acceptors (Lipinski definition) is 5. The number of carbonyl (C=O) groups excluding carboxylic acids is 2. The molecule has 1 heterocycles. The van der Waals surface area contributed by atoms with Crippen molar-refractivity contribution >= 4 is 25.3 Å². The molecule has 2 rings (SSSR count). The quantitative estimate of drug-likeness (QED) is 0.471. The average molecular weight is 369 g/mol.